The normalized spacial score (nSPS) is 21.0. The molecule has 22 heavy (non-hydrogen) atoms. The summed E-state index contributed by atoms with van der Waals surface area (Å²) in [5.41, 5.74) is -1.74. The van der Waals surface area contributed by atoms with E-state index < -0.39 is 23.2 Å². The Kier molecular flexibility index (Phi) is 3.58. The fourth-order valence-electron chi connectivity index (χ4n) is 2.26. The van der Waals surface area contributed by atoms with Gasteiger partial charge in [0.2, 0.25) is 0 Å². The van der Waals surface area contributed by atoms with Crippen LogP contribution in [0.5, 0.6) is 0 Å². The van der Waals surface area contributed by atoms with Crippen molar-refractivity contribution >= 4 is 23.2 Å². The predicted molar refractivity (Wildman–Crippen MR) is 72.4 cm³/mol. The highest BCUT2D eigenvalue weighted by Gasteiger charge is 2.50. The van der Waals surface area contributed by atoms with Gasteiger partial charge in [0.05, 0.1) is 12.2 Å². The molecule has 2 nitrogen and oxygen atoms in total. The first-order chi connectivity index (χ1) is 10.2. The molecule has 1 unspecified atom stereocenters. The summed E-state index contributed by atoms with van der Waals surface area (Å²) in [7, 11) is 0. The summed E-state index contributed by atoms with van der Waals surface area (Å²) in [6, 6.07) is 5.70. The van der Waals surface area contributed by atoms with Gasteiger partial charge >= 0.3 is 6.18 Å². The van der Waals surface area contributed by atoms with Gasteiger partial charge in [0.25, 0.3) is 0 Å². The van der Waals surface area contributed by atoms with Gasteiger partial charge in [-0.05, 0) is 29.8 Å². The predicted octanol–water partition coefficient (Wildman–Crippen LogP) is 4.82. The average Bonchev–Trinajstić information content (AvgIpc) is 3.18. The molecule has 0 bridgehead atoms. The number of hydrogen-bond donors (Lipinski definition) is 0. The van der Waals surface area contributed by atoms with E-state index in [9.17, 15) is 17.6 Å². The number of epoxide rings is 1. The van der Waals surface area contributed by atoms with Crippen LogP contribution in [0.1, 0.15) is 16.7 Å². The number of aromatic nitrogens is 1. The van der Waals surface area contributed by atoms with Crippen LogP contribution in [-0.2, 0) is 16.5 Å². The number of rotatable bonds is 2. The van der Waals surface area contributed by atoms with Crippen LogP contribution in [0.4, 0.5) is 17.6 Å². The molecule has 0 amide bonds. The second kappa shape index (κ2) is 5.08. The van der Waals surface area contributed by atoms with E-state index in [-0.39, 0.29) is 22.5 Å². The summed E-state index contributed by atoms with van der Waals surface area (Å²) in [6.45, 7) is 0.167. The zero-order valence-corrected chi connectivity index (χ0v) is 12.2. The lowest BCUT2D eigenvalue weighted by Gasteiger charge is -2.16. The lowest BCUT2D eigenvalue weighted by atomic mass is 9.92. The van der Waals surface area contributed by atoms with Gasteiger partial charge in [0.15, 0.2) is 0 Å². The zero-order valence-electron chi connectivity index (χ0n) is 10.7. The number of nitrogens with zero attached hydrogens (tertiary/aromatic N) is 1. The average molecular weight is 352 g/mol. The maximum absolute atomic E-state index is 13.7. The van der Waals surface area contributed by atoms with Gasteiger partial charge in [-0.15, -0.1) is 0 Å². The van der Waals surface area contributed by atoms with Gasteiger partial charge < -0.3 is 4.74 Å². The molecule has 1 aliphatic rings. The lowest BCUT2D eigenvalue weighted by molar-refractivity contribution is -0.140. The van der Waals surface area contributed by atoms with Crippen molar-refractivity contribution in [1.29, 1.82) is 0 Å². The Labute approximate surface area is 132 Å². The summed E-state index contributed by atoms with van der Waals surface area (Å²) < 4.78 is 56.9. The van der Waals surface area contributed by atoms with Crippen molar-refractivity contribution in [3.8, 4) is 0 Å². The van der Waals surface area contributed by atoms with Crippen LogP contribution in [0.15, 0.2) is 30.3 Å². The van der Waals surface area contributed by atoms with Crippen LogP contribution >= 0.6 is 23.2 Å². The van der Waals surface area contributed by atoms with Gasteiger partial charge in [-0.2, -0.15) is 13.2 Å². The summed E-state index contributed by atoms with van der Waals surface area (Å²) in [6.07, 6.45) is -4.75. The van der Waals surface area contributed by atoms with E-state index in [0.29, 0.717) is 11.6 Å². The van der Waals surface area contributed by atoms with E-state index in [2.05, 4.69) is 4.98 Å². The molecule has 1 fully saturated rings. The number of ether oxygens (including phenoxy) is 1. The van der Waals surface area contributed by atoms with Crippen molar-refractivity contribution in [3.63, 3.8) is 0 Å². The monoisotopic (exact) mass is 351 g/mol. The Morgan fingerprint density at radius 3 is 2.32 bits per heavy atom. The molecule has 0 N–H and O–H groups in total. The number of hydrogen-bond acceptors (Lipinski definition) is 2. The van der Waals surface area contributed by atoms with Gasteiger partial charge in [0, 0.05) is 5.56 Å². The molecule has 1 aromatic carbocycles. The second-order valence-corrected chi connectivity index (χ2v) is 5.53. The minimum Gasteiger partial charge on any atom is -0.359 e. The van der Waals surface area contributed by atoms with E-state index in [1.807, 2.05) is 0 Å². The van der Waals surface area contributed by atoms with Crippen LogP contribution in [0.25, 0.3) is 0 Å². The highest BCUT2D eigenvalue weighted by molar-refractivity contribution is 6.33. The smallest absolute Gasteiger partial charge is 0.359 e. The Morgan fingerprint density at radius 1 is 1.14 bits per heavy atom. The molecule has 0 radical (unpaired) electrons. The molecule has 116 valence electrons. The molecular weight excluding hydrogens is 345 g/mol. The summed E-state index contributed by atoms with van der Waals surface area (Å²) in [5.74, 6) is -1.36. The molecule has 1 saturated heterocycles. The SMILES string of the molecule is Fc1cc(C2(c3ccc(Cl)nc3Cl)CO2)ccc1C(F)(F)F. The highest BCUT2D eigenvalue weighted by Crippen LogP contribution is 2.48. The van der Waals surface area contributed by atoms with Gasteiger partial charge in [-0.25, -0.2) is 9.37 Å². The maximum Gasteiger partial charge on any atom is 0.419 e. The van der Waals surface area contributed by atoms with Crippen LogP contribution in [0.2, 0.25) is 10.3 Å². The number of alkyl halides is 3. The van der Waals surface area contributed by atoms with E-state index in [4.69, 9.17) is 27.9 Å². The molecule has 8 heteroatoms. The Balaban J connectivity index is 2.06. The third-order valence-electron chi connectivity index (χ3n) is 3.42. The van der Waals surface area contributed by atoms with E-state index >= 15 is 0 Å². The van der Waals surface area contributed by atoms with Gasteiger partial charge in [-0.1, -0.05) is 29.3 Å². The Morgan fingerprint density at radius 2 is 1.82 bits per heavy atom. The Hall–Kier alpha value is -1.37. The zero-order chi connectivity index (χ0) is 16.1. The lowest BCUT2D eigenvalue weighted by Crippen LogP contribution is -2.15. The molecule has 2 aromatic rings. The topological polar surface area (TPSA) is 25.4 Å². The molecule has 0 spiro atoms. The fraction of sp³-hybridized carbons (Fsp3) is 0.214. The number of pyridine rings is 1. The quantitative estimate of drug-likeness (QED) is 0.440. The molecule has 2 heterocycles. The molecule has 3 rings (SSSR count). The highest BCUT2D eigenvalue weighted by atomic mass is 35.5. The van der Waals surface area contributed by atoms with E-state index in [1.165, 1.54) is 12.1 Å². The number of halogens is 6. The molecular formula is C14H7Cl2F4NO. The Bertz CT molecular complexity index is 744. The van der Waals surface area contributed by atoms with Crippen molar-refractivity contribution < 1.29 is 22.3 Å². The van der Waals surface area contributed by atoms with E-state index in [0.717, 1.165) is 6.07 Å². The molecule has 0 aliphatic carbocycles. The fourth-order valence-corrected chi connectivity index (χ4v) is 2.76. The third-order valence-corrected chi connectivity index (χ3v) is 3.92. The first-order valence-corrected chi connectivity index (χ1v) is 6.83. The number of benzene rings is 1. The molecule has 1 atom stereocenters. The van der Waals surface area contributed by atoms with Crippen molar-refractivity contribution in [3.05, 3.63) is 63.1 Å². The van der Waals surface area contributed by atoms with E-state index in [1.54, 1.807) is 6.07 Å². The summed E-state index contributed by atoms with van der Waals surface area (Å²) in [5, 5.41) is 0.230. The van der Waals surface area contributed by atoms with Crippen LogP contribution in [-0.4, -0.2) is 11.6 Å². The van der Waals surface area contributed by atoms with Crippen molar-refractivity contribution in [2.24, 2.45) is 0 Å². The van der Waals surface area contributed by atoms with Gasteiger partial charge in [-0.3, -0.25) is 0 Å². The molecule has 0 saturated carbocycles. The molecule has 1 aliphatic heterocycles. The minimum atomic E-state index is -4.75. The second-order valence-electron chi connectivity index (χ2n) is 4.78. The summed E-state index contributed by atoms with van der Waals surface area (Å²) >= 11 is 11.7. The maximum atomic E-state index is 13.7. The molecule has 1 aromatic heterocycles. The van der Waals surface area contributed by atoms with Crippen molar-refractivity contribution in [1.82, 2.24) is 4.98 Å². The van der Waals surface area contributed by atoms with Crippen LogP contribution in [0.3, 0.4) is 0 Å². The van der Waals surface area contributed by atoms with Crippen molar-refractivity contribution in [2.45, 2.75) is 11.8 Å². The van der Waals surface area contributed by atoms with Gasteiger partial charge in [0.1, 0.15) is 21.7 Å². The van der Waals surface area contributed by atoms with Crippen LogP contribution in [0, 0.1) is 5.82 Å². The third kappa shape index (κ3) is 2.55. The summed E-state index contributed by atoms with van der Waals surface area (Å²) in [4.78, 5) is 3.86. The largest absolute Gasteiger partial charge is 0.419 e. The first-order valence-electron chi connectivity index (χ1n) is 6.08. The van der Waals surface area contributed by atoms with Crippen LogP contribution < -0.4 is 0 Å². The first kappa shape index (κ1) is 15.5. The standard InChI is InChI=1S/C14H7Cl2F4NO/c15-11-4-3-9(12(16)21-11)13(6-22-13)7-1-2-8(10(17)5-7)14(18,19)20/h1-5H,6H2. The van der Waals surface area contributed by atoms with Crippen molar-refractivity contribution in [2.75, 3.05) is 6.61 Å². The minimum absolute atomic E-state index is 0.0605.